The van der Waals surface area contributed by atoms with Gasteiger partial charge in [0.2, 0.25) is 5.89 Å². The standard InChI is InChI=1S/C26H25N3O4S/c1-16(2)17-9-12-23-21(13-17)27-25(33-23)18-10-11-22(31-3)20(14-18)28-26(34)29-24(30)15-32-19-7-5-4-6-8-19/h4-14,16H,15H2,1-3H3,(H2,28,29,30,34). The molecule has 8 heteroatoms. The number of oxazole rings is 1. The van der Waals surface area contributed by atoms with Gasteiger partial charge >= 0.3 is 0 Å². The van der Waals surface area contributed by atoms with Crippen molar-refractivity contribution < 1.29 is 18.7 Å². The predicted molar refractivity (Wildman–Crippen MR) is 136 cm³/mol. The van der Waals surface area contributed by atoms with E-state index in [1.807, 2.05) is 48.5 Å². The molecule has 4 aromatic rings. The molecular formula is C26H25N3O4S. The molecule has 0 radical (unpaired) electrons. The first kappa shape index (κ1) is 23.3. The summed E-state index contributed by atoms with van der Waals surface area (Å²) >= 11 is 5.31. The number of thiocarbonyl (C=S) groups is 1. The average molecular weight is 476 g/mol. The normalized spacial score (nSPS) is 10.8. The second-order valence-corrected chi connectivity index (χ2v) is 8.33. The van der Waals surface area contributed by atoms with Crippen molar-refractivity contribution in [3.05, 3.63) is 72.3 Å². The van der Waals surface area contributed by atoms with Crippen LogP contribution in [0.5, 0.6) is 11.5 Å². The molecule has 1 amide bonds. The monoisotopic (exact) mass is 475 g/mol. The van der Waals surface area contributed by atoms with Gasteiger partial charge < -0.3 is 19.2 Å². The highest BCUT2D eigenvalue weighted by molar-refractivity contribution is 7.80. The zero-order chi connectivity index (χ0) is 24.1. The first-order valence-electron chi connectivity index (χ1n) is 10.8. The topological polar surface area (TPSA) is 85.6 Å². The van der Waals surface area contributed by atoms with E-state index < -0.39 is 0 Å². The van der Waals surface area contributed by atoms with Crippen molar-refractivity contribution in [1.82, 2.24) is 10.3 Å². The zero-order valence-corrected chi connectivity index (χ0v) is 19.9. The molecule has 3 aromatic carbocycles. The van der Waals surface area contributed by atoms with E-state index >= 15 is 0 Å². The molecule has 0 saturated heterocycles. The Morgan fingerprint density at radius 3 is 2.62 bits per heavy atom. The minimum Gasteiger partial charge on any atom is -0.495 e. The van der Waals surface area contributed by atoms with Gasteiger partial charge in [0.05, 0.1) is 12.8 Å². The van der Waals surface area contributed by atoms with Gasteiger partial charge in [0.15, 0.2) is 17.3 Å². The van der Waals surface area contributed by atoms with Crippen LogP contribution in [0.25, 0.3) is 22.6 Å². The predicted octanol–water partition coefficient (Wildman–Crippen LogP) is 5.52. The lowest BCUT2D eigenvalue weighted by atomic mass is 10.0. The molecule has 0 bridgehead atoms. The number of fused-ring (bicyclic) bond motifs is 1. The SMILES string of the molecule is COc1ccc(-c2nc3cc(C(C)C)ccc3o2)cc1NC(=S)NC(=O)COc1ccccc1. The fourth-order valence-electron chi connectivity index (χ4n) is 3.35. The molecule has 2 N–H and O–H groups in total. The summed E-state index contributed by atoms with van der Waals surface area (Å²) in [6, 6.07) is 20.6. The van der Waals surface area contributed by atoms with Gasteiger partial charge in [-0.15, -0.1) is 0 Å². The summed E-state index contributed by atoms with van der Waals surface area (Å²) in [5, 5.41) is 5.74. The molecule has 0 unspecified atom stereocenters. The second kappa shape index (κ2) is 10.4. The van der Waals surface area contributed by atoms with E-state index in [-0.39, 0.29) is 17.6 Å². The summed E-state index contributed by atoms with van der Waals surface area (Å²) in [5.74, 6) is 1.66. The first-order valence-corrected chi connectivity index (χ1v) is 11.2. The van der Waals surface area contributed by atoms with Gasteiger partial charge in [-0.05, 0) is 66.2 Å². The van der Waals surface area contributed by atoms with Gasteiger partial charge in [-0.3, -0.25) is 10.1 Å². The minimum absolute atomic E-state index is 0.122. The highest BCUT2D eigenvalue weighted by atomic mass is 32.1. The number of carbonyl (C=O) groups is 1. The van der Waals surface area contributed by atoms with Crippen LogP contribution in [-0.2, 0) is 4.79 Å². The van der Waals surface area contributed by atoms with Gasteiger partial charge in [-0.2, -0.15) is 0 Å². The van der Waals surface area contributed by atoms with Gasteiger partial charge in [0.1, 0.15) is 17.0 Å². The Balaban J connectivity index is 1.47. The number of ether oxygens (including phenoxy) is 2. The molecule has 0 aliphatic carbocycles. The quantitative estimate of drug-likeness (QED) is 0.341. The maximum Gasteiger partial charge on any atom is 0.264 e. The third-order valence-corrected chi connectivity index (χ3v) is 5.34. The number of carbonyl (C=O) groups excluding carboxylic acids is 1. The molecule has 174 valence electrons. The molecule has 0 atom stereocenters. The minimum atomic E-state index is -0.378. The maximum atomic E-state index is 12.2. The Morgan fingerprint density at radius 2 is 1.88 bits per heavy atom. The molecule has 0 aliphatic heterocycles. The van der Waals surface area contributed by atoms with Crippen LogP contribution in [-0.4, -0.2) is 29.7 Å². The van der Waals surface area contributed by atoms with Gasteiger partial charge in [-0.1, -0.05) is 38.1 Å². The molecule has 7 nitrogen and oxygen atoms in total. The van der Waals surface area contributed by atoms with Gasteiger partial charge in [0, 0.05) is 5.56 Å². The summed E-state index contributed by atoms with van der Waals surface area (Å²) in [7, 11) is 1.56. The summed E-state index contributed by atoms with van der Waals surface area (Å²) in [6.07, 6.45) is 0. The molecular weight excluding hydrogens is 450 g/mol. The number of nitrogens with one attached hydrogen (secondary N) is 2. The Bertz CT molecular complexity index is 1320. The van der Waals surface area contributed by atoms with Crippen molar-refractivity contribution >= 4 is 40.0 Å². The van der Waals surface area contributed by atoms with Crippen molar-refractivity contribution in [2.75, 3.05) is 19.0 Å². The van der Waals surface area contributed by atoms with Crippen molar-refractivity contribution in [2.45, 2.75) is 19.8 Å². The number of rotatable bonds is 7. The fourth-order valence-corrected chi connectivity index (χ4v) is 3.57. The third kappa shape index (κ3) is 5.52. The number of benzene rings is 3. The van der Waals surface area contributed by atoms with Crippen LogP contribution >= 0.6 is 12.2 Å². The van der Waals surface area contributed by atoms with Crippen LogP contribution < -0.4 is 20.1 Å². The number of nitrogens with zero attached hydrogens (tertiary/aromatic N) is 1. The van der Waals surface area contributed by atoms with E-state index in [2.05, 4.69) is 29.5 Å². The van der Waals surface area contributed by atoms with E-state index in [9.17, 15) is 4.79 Å². The molecule has 0 spiro atoms. The fraction of sp³-hybridized carbons (Fsp3) is 0.192. The highest BCUT2D eigenvalue weighted by Crippen LogP contribution is 2.32. The zero-order valence-electron chi connectivity index (χ0n) is 19.1. The number of hydrogen-bond acceptors (Lipinski definition) is 6. The largest absolute Gasteiger partial charge is 0.495 e. The maximum absolute atomic E-state index is 12.2. The molecule has 0 fully saturated rings. The van der Waals surface area contributed by atoms with Crippen LogP contribution in [0.2, 0.25) is 0 Å². The average Bonchev–Trinajstić information content (AvgIpc) is 3.27. The first-order chi connectivity index (χ1) is 16.4. The van der Waals surface area contributed by atoms with Gasteiger partial charge in [-0.25, -0.2) is 4.98 Å². The van der Waals surface area contributed by atoms with Crippen molar-refractivity contribution in [3.8, 4) is 23.0 Å². The number of aromatic nitrogens is 1. The van der Waals surface area contributed by atoms with Crippen LogP contribution in [0, 0.1) is 0 Å². The molecule has 34 heavy (non-hydrogen) atoms. The molecule has 1 aromatic heterocycles. The lowest BCUT2D eigenvalue weighted by Gasteiger charge is -2.14. The van der Waals surface area contributed by atoms with Crippen LogP contribution in [0.3, 0.4) is 0 Å². The summed E-state index contributed by atoms with van der Waals surface area (Å²) < 4.78 is 16.8. The van der Waals surface area contributed by atoms with E-state index in [0.717, 1.165) is 11.1 Å². The van der Waals surface area contributed by atoms with E-state index in [4.69, 9.17) is 26.1 Å². The van der Waals surface area contributed by atoms with E-state index in [0.29, 0.717) is 34.6 Å². The van der Waals surface area contributed by atoms with Crippen molar-refractivity contribution in [1.29, 1.82) is 0 Å². The second-order valence-electron chi connectivity index (χ2n) is 7.92. The molecule has 4 rings (SSSR count). The Kier molecular flexibility index (Phi) is 7.08. The summed E-state index contributed by atoms with van der Waals surface area (Å²) in [5.41, 5.74) is 4.02. The van der Waals surface area contributed by atoms with E-state index in [1.165, 1.54) is 5.56 Å². The number of para-hydroxylation sites is 1. The third-order valence-electron chi connectivity index (χ3n) is 5.14. The van der Waals surface area contributed by atoms with Crippen molar-refractivity contribution in [2.24, 2.45) is 0 Å². The number of methoxy groups -OCH3 is 1. The number of anilines is 1. The van der Waals surface area contributed by atoms with Crippen LogP contribution in [0.4, 0.5) is 5.69 Å². The molecule has 1 heterocycles. The number of amides is 1. The lowest BCUT2D eigenvalue weighted by molar-refractivity contribution is -0.121. The summed E-state index contributed by atoms with van der Waals surface area (Å²) in [4.78, 5) is 16.9. The Hall–Kier alpha value is -3.91. The Morgan fingerprint density at radius 1 is 1.09 bits per heavy atom. The molecule has 0 saturated carbocycles. The Labute approximate surface area is 203 Å². The summed E-state index contributed by atoms with van der Waals surface area (Å²) in [6.45, 7) is 4.11. The van der Waals surface area contributed by atoms with Gasteiger partial charge in [0.25, 0.3) is 5.91 Å². The lowest BCUT2D eigenvalue weighted by Crippen LogP contribution is -2.37. The van der Waals surface area contributed by atoms with Crippen LogP contribution in [0.1, 0.15) is 25.3 Å². The van der Waals surface area contributed by atoms with Crippen molar-refractivity contribution in [3.63, 3.8) is 0 Å². The smallest absolute Gasteiger partial charge is 0.264 e. The van der Waals surface area contributed by atoms with Crippen LogP contribution in [0.15, 0.2) is 71.1 Å². The molecule has 0 aliphatic rings. The van der Waals surface area contributed by atoms with E-state index in [1.54, 1.807) is 25.3 Å². The number of hydrogen-bond donors (Lipinski definition) is 2. The highest BCUT2D eigenvalue weighted by Gasteiger charge is 2.14.